The number of nitrogens with one attached hydrogen (secondary N) is 4. The van der Waals surface area contributed by atoms with Gasteiger partial charge in [-0.25, -0.2) is 0 Å². The molecule has 14 nitrogen and oxygen atoms in total. The van der Waals surface area contributed by atoms with E-state index in [2.05, 4.69) is 49.0 Å². The van der Waals surface area contributed by atoms with E-state index in [1.54, 1.807) is 0 Å². The quantitative estimate of drug-likeness (QED) is 0.0107. The minimum atomic E-state index is -1.35. The van der Waals surface area contributed by atoms with Gasteiger partial charge in [0.25, 0.3) is 5.43 Å². The van der Waals surface area contributed by atoms with Gasteiger partial charge in [-0.1, -0.05) is 366 Å². The lowest BCUT2D eigenvalue weighted by Gasteiger charge is -2.41. The Balaban J connectivity index is 1.05. The van der Waals surface area contributed by atoms with E-state index >= 15 is 4.79 Å². The first-order chi connectivity index (χ1) is 53.0. The molecular weight excluding hydrogens is 1350 g/mol. The summed E-state index contributed by atoms with van der Waals surface area (Å²) in [5.74, 6) is -1.57. The van der Waals surface area contributed by atoms with Crippen molar-refractivity contribution < 1.29 is 43.2 Å². The molecule has 5 aromatic rings. The number of rotatable bonds is 66. The van der Waals surface area contributed by atoms with Gasteiger partial charge in [0.15, 0.2) is 16.9 Å². The molecule has 2 aliphatic heterocycles. The Labute approximate surface area is 653 Å². The lowest BCUT2D eigenvalue weighted by atomic mass is 9.85. The Morgan fingerprint density at radius 2 is 0.583 bits per heavy atom. The molecule has 602 valence electrons. The van der Waals surface area contributed by atoms with Gasteiger partial charge in [-0.15, -0.1) is 0 Å². The van der Waals surface area contributed by atoms with Gasteiger partial charge >= 0.3 is 23.9 Å². The van der Waals surface area contributed by atoms with Crippen molar-refractivity contribution >= 4 is 68.2 Å². The van der Waals surface area contributed by atoms with E-state index in [-0.39, 0.29) is 92.9 Å². The highest BCUT2D eigenvalue weighted by Gasteiger charge is 2.45. The molecule has 0 saturated heterocycles. The molecule has 0 radical (unpaired) electrons. The molecule has 5 N–H and O–H groups in total. The molecule has 0 saturated carbocycles. The molecule has 0 unspecified atom stereocenters. The maximum Gasteiger partial charge on any atom is 0.305 e. The number of carbonyl (C=O) groups excluding carboxylic acids is 4. The van der Waals surface area contributed by atoms with Gasteiger partial charge in [0.2, 0.25) is 5.75 Å². The van der Waals surface area contributed by atoms with E-state index in [0.717, 1.165) is 98.6 Å². The number of anilines is 4. The normalized spacial score (nSPS) is 13.3. The summed E-state index contributed by atoms with van der Waals surface area (Å²) in [4.78, 5) is 70.5. The second kappa shape index (κ2) is 52.7. The number of benzene rings is 4. The first-order valence-corrected chi connectivity index (χ1v) is 44.7. The summed E-state index contributed by atoms with van der Waals surface area (Å²) in [5, 5.41) is 30.5. The SMILES string of the molecule is CCCCCCCCCCCCCCCC(=O)OCC1(COC(=O)CCCCCCCCCCCCCCC)Nc2cccc3ccc(-c4c(O)[c+](-c5ccc6cccc7c6c5NC(COC(=O)CCCCCCCCCCCCCCC)(COC(=O)CCCCCCCCCCCCCCC)N7)c4=O)c(c23)N1. The number of esters is 4. The summed E-state index contributed by atoms with van der Waals surface area (Å²) >= 11 is 0. The molecule has 5 aromatic carbocycles. The summed E-state index contributed by atoms with van der Waals surface area (Å²) in [7, 11) is 0. The second-order valence-corrected chi connectivity index (χ2v) is 32.5. The zero-order valence-electron chi connectivity index (χ0n) is 68.3. The van der Waals surface area contributed by atoms with Crippen molar-refractivity contribution in [2.45, 2.75) is 399 Å². The van der Waals surface area contributed by atoms with Crippen LogP contribution < -0.4 is 26.7 Å². The largest absolute Gasteiger partial charge is 0.494 e. The lowest BCUT2D eigenvalue weighted by molar-refractivity contribution is -0.150. The summed E-state index contributed by atoms with van der Waals surface area (Å²) in [6.07, 6.45) is 63.4. The molecule has 0 atom stereocenters. The minimum Gasteiger partial charge on any atom is -0.494 e. The van der Waals surface area contributed by atoms with Crippen LogP contribution in [0.3, 0.4) is 0 Å². The summed E-state index contributed by atoms with van der Waals surface area (Å²) in [6, 6.07) is 19.2. The van der Waals surface area contributed by atoms with Crippen molar-refractivity contribution in [3.8, 4) is 28.0 Å². The molecule has 0 fully saturated rings. The van der Waals surface area contributed by atoms with Gasteiger partial charge in [0.05, 0.1) is 16.8 Å². The van der Waals surface area contributed by atoms with E-state index in [1.807, 2.05) is 60.7 Å². The molecule has 108 heavy (non-hydrogen) atoms. The third-order valence-corrected chi connectivity index (χ3v) is 22.9. The fourth-order valence-corrected chi connectivity index (χ4v) is 16.2. The fraction of sp³-hybridized carbons (Fsp3) is 0.702. The molecule has 0 spiro atoms. The van der Waals surface area contributed by atoms with E-state index in [9.17, 15) is 24.3 Å². The van der Waals surface area contributed by atoms with Gasteiger partial charge in [0, 0.05) is 53.8 Å². The molecule has 2 aliphatic rings. The van der Waals surface area contributed by atoms with Crippen LogP contribution in [0.4, 0.5) is 22.7 Å². The molecule has 0 amide bonds. The average molecular weight is 1490 g/mol. The van der Waals surface area contributed by atoms with Gasteiger partial charge in [-0.05, 0) is 55.3 Å². The molecular formula is C94H147N4O10+. The van der Waals surface area contributed by atoms with Crippen molar-refractivity contribution in [3.63, 3.8) is 0 Å². The number of hydrogen-bond donors (Lipinski definition) is 5. The van der Waals surface area contributed by atoms with E-state index < -0.39 is 16.8 Å². The zero-order chi connectivity index (χ0) is 76.5. The number of carbonyl (C=O) groups is 4. The summed E-state index contributed by atoms with van der Waals surface area (Å²) < 4.78 is 24.7. The van der Waals surface area contributed by atoms with Gasteiger partial charge < -0.3 is 45.3 Å². The Kier molecular flexibility index (Phi) is 43.3. The molecule has 14 heteroatoms. The predicted molar refractivity (Wildman–Crippen MR) is 452 cm³/mol. The number of ether oxygens (including phenoxy) is 4. The standard InChI is InChI=1S/C94H146N4O10/c1-5-9-13-17-21-25-29-33-37-41-45-49-53-63-81(99)105-71-93(72-106-82(100)64-54-50-46-42-38-34-30-26-22-18-14-10-6-2)95-79-61-57-59-75-67-69-77(89(97-93)85(75)79)87-91(103)88(92(87)104)78-70-68-76-60-58-62-80-86(76)90(78)98-94(96-80,73-107-83(101)65-55-51-47-43-39-35-31-27-23-19-15-11-7-3)74-108-84(102)66-56-52-48-44-40-36-32-28-24-20-16-12-8-4/h57-62,67-70,95-98H,5-56,63-66,71-74H2,1-4H3/p+1. The van der Waals surface area contributed by atoms with E-state index in [4.69, 9.17) is 18.9 Å². The van der Waals surface area contributed by atoms with Crippen LogP contribution >= 0.6 is 0 Å². The van der Waals surface area contributed by atoms with Crippen molar-refractivity contribution in [1.29, 1.82) is 0 Å². The minimum absolute atomic E-state index is 0.101. The average Bonchev–Trinajstić information content (AvgIpc) is 0.711. The first-order valence-electron chi connectivity index (χ1n) is 44.7. The van der Waals surface area contributed by atoms with E-state index in [1.165, 1.54) is 231 Å². The monoisotopic (exact) mass is 1490 g/mol. The molecule has 2 heterocycles. The van der Waals surface area contributed by atoms with Gasteiger partial charge in [-0.3, -0.25) is 24.0 Å². The smallest absolute Gasteiger partial charge is 0.305 e. The Hall–Kier alpha value is -6.44. The van der Waals surface area contributed by atoms with E-state index in [0.29, 0.717) is 59.6 Å². The highest BCUT2D eigenvalue weighted by atomic mass is 16.6. The molecule has 0 aliphatic carbocycles. The van der Waals surface area contributed by atoms with Crippen LogP contribution in [-0.4, -0.2) is 66.7 Å². The Bertz CT molecular complexity index is 3070. The van der Waals surface area contributed by atoms with Crippen LogP contribution in [0.15, 0.2) is 65.5 Å². The topological polar surface area (TPSA) is 191 Å². The van der Waals surface area contributed by atoms with Crippen molar-refractivity contribution in [3.05, 3.63) is 70.9 Å². The maximum absolute atomic E-state index is 15.4. The summed E-state index contributed by atoms with van der Waals surface area (Å²) in [6.45, 7) is 8.28. The highest BCUT2D eigenvalue weighted by molar-refractivity contribution is 6.15. The maximum atomic E-state index is 15.4. The number of hydrogen-bond acceptors (Lipinski definition) is 14. The van der Waals surface area contributed by atoms with Gasteiger partial charge in [0.1, 0.15) is 43.2 Å². The molecule has 0 bridgehead atoms. The van der Waals surface area contributed by atoms with Crippen LogP contribution in [0.25, 0.3) is 43.8 Å². The second-order valence-electron chi connectivity index (χ2n) is 32.5. The lowest BCUT2D eigenvalue weighted by Crippen LogP contribution is -2.56. The van der Waals surface area contributed by atoms with Crippen LogP contribution in [0, 0.1) is 0 Å². The third kappa shape index (κ3) is 31.4. The molecule has 7 rings (SSSR count). The number of aromatic hydroxyl groups is 1. The highest BCUT2D eigenvalue weighted by Crippen LogP contribution is 2.52. The van der Waals surface area contributed by atoms with Crippen LogP contribution in [0.1, 0.15) is 387 Å². The predicted octanol–water partition coefficient (Wildman–Crippen LogP) is 26.7. The zero-order valence-corrected chi connectivity index (χ0v) is 68.3. The van der Waals surface area contributed by atoms with Crippen LogP contribution in [0.5, 0.6) is 5.75 Å². The first kappa shape index (κ1) is 88.8. The van der Waals surface area contributed by atoms with Crippen molar-refractivity contribution in [2.75, 3.05) is 47.7 Å². The van der Waals surface area contributed by atoms with Crippen LogP contribution in [-0.2, 0) is 38.1 Å². The fourth-order valence-electron chi connectivity index (χ4n) is 16.2. The Morgan fingerprint density at radius 3 is 0.870 bits per heavy atom. The Morgan fingerprint density at radius 1 is 0.324 bits per heavy atom. The van der Waals surface area contributed by atoms with Crippen molar-refractivity contribution in [1.82, 2.24) is 0 Å². The summed E-state index contributed by atoms with van der Waals surface area (Å²) in [5.41, 5.74) is 0.413. The van der Waals surface area contributed by atoms with Gasteiger partial charge in [-0.2, -0.15) is 0 Å². The molecule has 0 aromatic heterocycles. The number of unbranched alkanes of at least 4 members (excludes halogenated alkanes) is 48. The third-order valence-electron chi connectivity index (χ3n) is 22.9. The van der Waals surface area contributed by atoms with Crippen LogP contribution in [0.2, 0.25) is 0 Å². The van der Waals surface area contributed by atoms with Crippen molar-refractivity contribution in [2.24, 2.45) is 0 Å².